The number of halogens is 1. The van der Waals surface area contributed by atoms with Gasteiger partial charge in [0.2, 0.25) is 5.95 Å². The number of carbonyl (C=O) groups is 1. The highest BCUT2D eigenvalue weighted by molar-refractivity contribution is 6.04. The summed E-state index contributed by atoms with van der Waals surface area (Å²) >= 11 is 0. The standard InChI is InChI=1S/C24H26FN5O2/c1-15(2)21-10-17(4-5-26-21)24(31)29-19-12-20(16(3)27-14-19)18-11-22(23(25)28-13-18)30-6-8-32-9-7-30/h4-5,10-15H,6-9H2,1-3H3,(H,29,31). The Hall–Kier alpha value is -3.39. The third kappa shape index (κ3) is 4.75. The molecule has 1 aliphatic rings. The summed E-state index contributed by atoms with van der Waals surface area (Å²) in [5.41, 5.74) is 4.66. The maximum Gasteiger partial charge on any atom is 0.255 e. The molecule has 3 aromatic rings. The van der Waals surface area contributed by atoms with Crippen molar-refractivity contribution in [3.8, 4) is 11.1 Å². The molecule has 32 heavy (non-hydrogen) atoms. The van der Waals surface area contributed by atoms with Crippen molar-refractivity contribution < 1.29 is 13.9 Å². The van der Waals surface area contributed by atoms with Crippen LogP contribution in [0.5, 0.6) is 0 Å². The summed E-state index contributed by atoms with van der Waals surface area (Å²) in [5, 5.41) is 2.90. The highest BCUT2D eigenvalue weighted by Crippen LogP contribution is 2.29. The van der Waals surface area contributed by atoms with Crippen LogP contribution < -0.4 is 10.2 Å². The minimum Gasteiger partial charge on any atom is -0.378 e. The average Bonchev–Trinajstić information content (AvgIpc) is 2.81. The van der Waals surface area contributed by atoms with E-state index < -0.39 is 5.95 Å². The van der Waals surface area contributed by atoms with Gasteiger partial charge in [-0.05, 0) is 37.1 Å². The number of nitrogens with one attached hydrogen (secondary N) is 1. The third-order valence-corrected chi connectivity index (χ3v) is 5.46. The zero-order chi connectivity index (χ0) is 22.7. The first-order valence-electron chi connectivity index (χ1n) is 10.6. The Morgan fingerprint density at radius 2 is 1.91 bits per heavy atom. The van der Waals surface area contributed by atoms with Crippen LogP contribution in [0.1, 0.15) is 41.5 Å². The lowest BCUT2D eigenvalue weighted by Gasteiger charge is -2.29. The molecule has 8 heteroatoms. The molecule has 0 aliphatic carbocycles. The largest absolute Gasteiger partial charge is 0.378 e. The summed E-state index contributed by atoms with van der Waals surface area (Å²) in [6.07, 6.45) is 4.74. The van der Waals surface area contributed by atoms with Crippen LogP contribution in [0.25, 0.3) is 11.1 Å². The molecule has 0 bridgehead atoms. The Balaban J connectivity index is 1.61. The number of aromatic nitrogens is 3. The van der Waals surface area contributed by atoms with Crippen molar-refractivity contribution >= 4 is 17.3 Å². The van der Waals surface area contributed by atoms with Crippen molar-refractivity contribution in [1.29, 1.82) is 0 Å². The van der Waals surface area contributed by atoms with Crippen molar-refractivity contribution in [3.63, 3.8) is 0 Å². The van der Waals surface area contributed by atoms with Gasteiger partial charge in [0.1, 0.15) is 0 Å². The molecule has 4 heterocycles. The van der Waals surface area contributed by atoms with Crippen LogP contribution in [0.15, 0.2) is 42.9 Å². The molecule has 1 amide bonds. The number of pyridine rings is 3. The first-order chi connectivity index (χ1) is 15.4. The molecular weight excluding hydrogens is 409 g/mol. The summed E-state index contributed by atoms with van der Waals surface area (Å²) in [7, 11) is 0. The molecule has 0 spiro atoms. The molecule has 1 fully saturated rings. The Kier molecular flexibility index (Phi) is 6.41. The molecular formula is C24H26FN5O2. The SMILES string of the molecule is Cc1ncc(NC(=O)c2ccnc(C(C)C)c2)cc1-c1cnc(F)c(N2CCOCC2)c1. The van der Waals surface area contributed by atoms with Gasteiger partial charge in [-0.3, -0.25) is 14.8 Å². The number of nitrogens with zero attached hydrogens (tertiary/aromatic N) is 4. The number of anilines is 2. The summed E-state index contributed by atoms with van der Waals surface area (Å²) in [6, 6.07) is 7.09. The zero-order valence-electron chi connectivity index (χ0n) is 18.4. The second-order valence-corrected chi connectivity index (χ2v) is 8.07. The third-order valence-electron chi connectivity index (χ3n) is 5.46. The molecule has 0 radical (unpaired) electrons. The Morgan fingerprint density at radius 3 is 2.66 bits per heavy atom. The van der Waals surface area contributed by atoms with E-state index in [4.69, 9.17) is 4.74 Å². The summed E-state index contributed by atoms with van der Waals surface area (Å²) < 4.78 is 19.8. The van der Waals surface area contributed by atoms with E-state index in [0.717, 1.165) is 22.5 Å². The highest BCUT2D eigenvalue weighted by atomic mass is 19.1. The van der Waals surface area contributed by atoms with Crippen LogP contribution in [0.4, 0.5) is 15.8 Å². The molecule has 1 saturated heterocycles. The van der Waals surface area contributed by atoms with Crippen molar-refractivity contribution in [2.45, 2.75) is 26.7 Å². The van der Waals surface area contributed by atoms with E-state index in [1.165, 1.54) is 6.20 Å². The highest BCUT2D eigenvalue weighted by Gasteiger charge is 2.18. The van der Waals surface area contributed by atoms with Crippen LogP contribution in [0.3, 0.4) is 0 Å². The van der Waals surface area contributed by atoms with E-state index in [0.29, 0.717) is 43.2 Å². The molecule has 4 rings (SSSR count). The molecule has 7 nitrogen and oxygen atoms in total. The number of morpholine rings is 1. The fourth-order valence-electron chi connectivity index (χ4n) is 3.61. The normalized spacial score (nSPS) is 14.0. The van der Waals surface area contributed by atoms with Gasteiger partial charge >= 0.3 is 0 Å². The number of hydrogen-bond donors (Lipinski definition) is 1. The minimum absolute atomic E-state index is 0.224. The van der Waals surface area contributed by atoms with Crippen molar-refractivity contribution in [2.75, 3.05) is 36.5 Å². The molecule has 1 N–H and O–H groups in total. The lowest BCUT2D eigenvalue weighted by molar-refractivity contribution is 0.102. The molecule has 0 aromatic carbocycles. The Morgan fingerprint density at radius 1 is 1.12 bits per heavy atom. The number of aryl methyl sites for hydroxylation is 1. The summed E-state index contributed by atoms with van der Waals surface area (Å²) in [4.78, 5) is 27.4. The summed E-state index contributed by atoms with van der Waals surface area (Å²) in [6.45, 7) is 8.26. The van der Waals surface area contributed by atoms with Crippen LogP contribution >= 0.6 is 0 Å². The first-order valence-corrected chi connectivity index (χ1v) is 10.6. The molecule has 0 saturated carbocycles. The van der Waals surface area contributed by atoms with Gasteiger partial charge in [0.05, 0.1) is 30.8 Å². The lowest BCUT2D eigenvalue weighted by Crippen LogP contribution is -2.36. The minimum atomic E-state index is -0.510. The van der Waals surface area contributed by atoms with Crippen LogP contribution in [0, 0.1) is 12.9 Å². The van der Waals surface area contributed by atoms with E-state index in [2.05, 4.69) is 20.3 Å². The molecule has 166 valence electrons. The zero-order valence-corrected chi connectivity index (χ0v) is 18.4. The second-order valence-electron chi connectivity index (χ2n) is 8.07. The van der Waals surface area contributed by atoms with Gasteiger partial charge < -0.3 is 15.0 Å². The molecule has 0 unspecified atom stereocenters. The van der Waals surface area contributed by atoms with Gasteiger partial charge in [0.15, 0.2) is 0 Å². The van der Waals surface area contributed by atoms with Crippen molar-refractivity contribution in [2.24, 2.45) is 0 Å². The van der Waals surface area contributed by atoms with Crippen LogP contribution in [0.2, 0.25) is 0 Å². The van der Waals surface area contributed by atoms with Gasteiger partial charge in [-0.15, -0.1) is 0 Å². The van der Waals surface area contributed by atoms with Crippen molar-refractivity contribution in [1.82, 2.24) is 15.0 Å². The molecule has 0 atom stereocenters. The van der Waals surface area contributed by atoms with Gasteiger partial charge in [-0.1, -0.05) is 13.8 Å². The average molecular weight is 436 g/mol. The fourth-order valence-corrected chi connectivity index (χ4v) is 3.61. The number of rotatable bonds is 5. The maximum atomic E-state index is 14.4. The number of amides is 1. The maximum absolute atomic E-state index is 14.4. The van der Waals surface area contributed by atoms with E-state index in [-0.39, 0.29) is 11.8 Å². The van der Waals surface area contributed by atoms with Crippen LogP contribution in [-0.4, -0.2) is 47.2 Å². The first kappa shape index (κ1) is 21.8. The smallest absolute Gasteiger partial charge is 0.255 e. The fraction of sp³-hybridized carbons (Fsp3) is 0.333. The topological polar surface area (TPSA) is 80.2 Å². The number of ether oxygens (including phenoxy) is 1. The molecule has 1 aliphatic heterocycles. The van der Waals surface area contributed by atoms with Gasteiger partial charge in [0, 0.05) is 53.6 Å². The lowest BCUT2D eigenvalue weighted by atomic mass is 10.0. The van der Waals surface area contributed by atoms with E-state index >= 15 is 0 Å². The predicted octanol–water partition coefficient (Wildman–Crippen LogP) is 4.20. The van der Waals surface area contributed by atoms with Crippen LogP contribution in [-0.2, 0) is 4.74 Å². The number of carbonyl (C=O) groups excluding carboxylic acids is 1. The molecule has 3 aromatic heterocycles. The predicted molar refractivity (Wildman–Crippen MR) is 121 cm³/mol. The van der Waals surface area contributed by atoms with Crippen molar-refractivity contribution in [3.05, 3.63) is 65.8 Å². The van der Waals surface area contributed by atoms with E-state index in [1.807, 2.05) is 31.7 Å². The Labute approximate surface area is 186 Å². The van der Waals surface area contributed by atoms with Gasteiger partial charge in [-0.25, -0.2) is 4.98 Å². The summed E-state index contributed by atoms with van der Waals surface area (Å²) in [5.74, 6) is -0.525. The Bertz CT molecular complexity index is 1130. The monoisotopic (exact) mass is 435 g/mol. The van der Waals surface area contributed by atoms with Gasteiger partial charge in [-0.2, -0.15) is 4.39 Å². The van der Waals surface area contributed by atoms with Gasteiger partial charge in [0.25, 0.3) is 5.91 Å². The quantitative estimate of drug-likeness (QED) is 0.605. The second kappa shape index (κ2) is 9.40. The van der Waals surface area contributed by atoms with E-state index in [1.54, 1.807) is 30.6 Å². The number of hydrogen-bond acceptors (Lipinski definition) is 6. The van der Waals surface area contributed by atoms with E-state index in [9.17, 15) is 9.18 Å².